The molecule has 5 heteroatoms. The van der Waals surface area contributed by atoms with E-state index in [9.17, 15) is 4.79 Å². The maximum Gasteiger partial charge on any atom is 0.219 e. The van der Waals surface area contributed by atoms with Crippen molar-refractivity contribution in [2.45, 2.75) is 135 Å². The maximum atomic E-state index is 11.0. The topological polar surface area (TPSA) is 81.0 Å². The highest BCUT2D eigenvalue weighted by Crippen LogP contribution is 2.28. The van der Waals surface area contributed by atoms with Gasteiger partial charge < -0.3 is 20.2 Å². The number of carbonyl (C=O) groups is 1. The van der Waals surface area contributed by atoms with Gasteiger partial charge in [-0.3, -0.25) is 4.79 Å². The minimum absolute atomic E-state index is 0. The van der Waals surface area contributed by atoms with E-state index in [1.54, 1.807) is 6.92 Å². The van der Waals surface area contributed by atoms with Crippen LogP contribution in [0.15, 0.2) is 0 Å². The van der Waals surface area contributed by atoms with E-state index in [4.69, 9.17) is 15.3 Å². The molecule has 3 atom stereocenters. The second kappa shape index (κ2) is 26.6. The van der Waals surface area contributed by atoms with E-state index in [2.05, 4.69) is 76.2 Å². The fourth-order valence-corrected chi connectivity index (χ4v) is 4.58. The van der Waals surface area contributed by atoms with Gasteiger partial charge in [0.2, 0.25) is 5.91 Å². The van der Waals surface area contributed by atoms with Crippen molar-refractivity contribution in [3.63, 3.8) is 0 Å². The quantitative estimate of drug-likeness (QED) is 0.231. The Morgan fingerprint density at radius 2 is 1.47 bits per heavy atom. The number of carbonyl (C=O) groups excluding carboxylic acids is 1. The zero-order valence-corrected chi connectivity index (χ0v) is 27.1. The van der Waals surface area contributed by atoms with E-state index in [0.717, 1.165) is 62.9 Å². The van der Waals surface area contributed by atoms with Gasteiger partial charge in [-0.05, 0) is 79.4 Å². The molecule has 1 saturated heterocycles. The predicted molar refractivity (Wildman–Crippen MR) is 168 cm³/mol. The van der Waals surface area contributed by atoms with Crippen molar-refractivity contribution >= 4 is 5.91 Å². The van der Waals surface area contributed by atoms with E-state index < -0.39 is 0 Å². The number of amides is 1. The van der Waals surface area contributed by atoms with Crippen LogP contribution in [0.4, 0.5) is 0 Å². The van der Waals surface area contributed by atoms with Crippen molar-refractivity contribution < 1.29 is 20.1 Å². The highest BCUT2D eigenvalue weighted by atomic mass is 16.3. The normalized spacial score (nSPS) is 17.0. The molecule has 234 valence electrons. The Kier molecular flexibility index (Phi) is 31.0. The second-order valence-corrected chi connectivity index (χ2v) is 13.2. The molecule has 0 radical (unpaired) electrons. The first-order valence-corrected chi connectivity index (χ1v) is 15.2. The van der Waals surface area contributed by atoms with Crippen LogP contribution in [0.5, 0.6) is 0 Å². The van der Waals surface area contributed by atoms with E-state index in [0.29, 0.717) is 37.6 Å². The van der Waals surface area contributed by atoms with E-state index >= 15 is 0 Å². The molecule has 0 aromatic carbocycles. The fourth-order valence-electron chi connectivity index (χ4n) is 4.58. The number of likely N-dealkylation sites (tertiary alicyclic amines) is 1. The molecule has 0 aromatic rings. The Balaban J connectivity index is -0.000000207. The molecule has 0 aromatic heterocycles. The van der Waals surface area contributed by atoms with Crippen molar-refractivity contribution in [1.82, 2.24) is 4.90 Å². The van der Waals surface area contributed by atoms with Gasteiger partial charge in [-0.15, -0.1) is 0 Å². The average Bonchev–Trinajstić information content (AvgIpc) is 3.26. The lowest BCUT2D eigenvalue weighted by atomic mass is 9.81. The largest absolute Gasteiger partial charge is 0.396 e. The summed E-state index contributed by atoms with van der Waals surface area (Å²) >= 11 is 0. The molecule has 3 N–H and O–H groups in total. The summed E-state index contributed by atoms with van der Waals surface area (Å²) in [6.45, 7) is 28.5. The number of nitrogens with zero attached hydrogens (tertiary/aromatic N) is 1. The molecule has 0 bridgehead atoms. The third kappa shape index (κ3) is 28.4. The lowest BCUT2D eigenvalue weighted by Crippen LogP contribution is -2.25. The van der Waals surface area contributed by atoms with Crippen LogP contribution in [-0.2, 0) is 4.79 Å². The summed E-state index contributed by atoms with van der Waals surface area (Å²) in [6, 6.07) is 0. The highest BCUT2D eigenvalue weighted by Gasteiger charge is 2.24. The van der Waals surface area contributed by atoms with Gasteiger partial charge in [0.15, 0.2) is 0 Å². The summed E-state index contributed by atoms with van der Waals surface area (Å²) in [5.74, 6) is 4.36. The molecule has 0 saturated carbocycles. The van der Waals surface area contributed by atoms with Gasteiger partial charge in [0.1, 0.15) is 0 Å². The van der Waals surface area contributed by atoms with Crippen LogP contribution in [0.1, 0.15) is 135 Å². The highest BCUT2D eigenvalue weighted by molar-refractivity contribution is 5.73. The first kappa shape index (κ1) is 44.4. The van der Waals surface area contributed by atoms with Crippen LogP contribution in [0.3, 0.4) is 0 Å². The van der Waals surface area contributed by atoms with Crippen LogP contribution in [0.25, 0.3) is 0 Å². The molecule has 38 heavy (non-hydrogen) atoms. The van der Waals surface area contributed by atoms with Gasteiger partial charge in [0, 0.05) is 39.8 Å². The summed E-state index contributed by atoms with van der Waals surface area (Å²) in [4.78, 5) is 13.0. The third-order valence-electron chi connectivity index (χ3n) is 7.02. The van der Waals surface area contributed by atoms with Crippen molar-refractivity contribution in [2.24, 2.45) is 40.9 Å². The van der Waals surface area contributed by atoms with Gasteiger partial charge in [-0.25, -0.2) is 0 Å². The van der Waals surface area contributed by atoms with Gasteiger partial charge in [-0.2, -0.15) is 0 Å². The second-order valence-electron chi connectivity index (χ2n) is 13.2. The number of hydrogen-bond donors (Lipinski definition) is 3. The van der Waals surface area contributed by atoms with E-state index in [1.165, 1.54) is 12.8 Å². The summed E-state index contributed by atoms with van der Waals surface area (Å²) in [6.07, 6.45) is 7.87. The van der Waals surface area contributed by atoms with Crippen molar-refractivity contribution in [3.05, 3.63) is 0 Å². The molecule has 0 aliphatic carbocycles. The predicted octanol–water partition coefficient (Wildman–Crippen LogP) is 8.05. The molecule has 0 spiro atoms. The summed E-state index contributed by atoms with van der Waals surface area (Å²) in [7, 11) is 0. The Labute approximate surface area is 240 Å². The monoisotopic (exact) mass is 548 g/mol. The molecular weight excluding hydrogens is 474 g/mol. The molecule has 1 rings (SSSR count). The number of hydrogen-bond acceptors (Lipinski definition) is 4. The first-order valence-electron chi connectivity index (χ1n) is 15.2. The Morgan fingerprint density at radius 3 is 1.66 bits per heavy atom. The van der Waals surface area contributed by atoms with E-state index in [1.807, 2.05) is 4.90 Å². The smallest absolute Gasteiger partial charge is 0.219 e. The van der Waals surface area contributed by atoms with Crippen molar-refractivity contribution in [2.75, 3.05) is 32.9 Å². The standard InChI is InChI=1S/C10H19NO.C9H20O.C8H18O.C5H12O.CH4/c1-8(2)6-10-4-5-11(7-10)9(3)12;1-5-9(4,7-10)6-8(2)3;1-4-8(6-9)5-7(2)3;1-5(2)3-4-6;/h8,10H,4-7H2,1-3H3;8,10H,5-7H2,1-4H3;7-9H,4-6H2,1-3H3;5-6H,3-4H2,1-2H3;1H4. The number of aliphatic hydroxyl groups is 3. The molecule has 3 unspecified atom stereocenters. The van der Waals surface area contributed by atoms with Crippen LogP contribution < -0.4 is 0 Å². The van der Waals surface area contributed by atoms with Gasteiger partial charge in [-0.1, -0.05) is 90.0 Å². The maximum absolute atomic E-state index is 11.0. The van der Waals surface area contributed by atoms with Crippen molar-refractivity contribution in [1.29, 1.82) is 0 Å². The lowest BCUT2D eigenvalue weighted by Gasteiger charge is -2.27. The zero-order chi connectivity index (χ0) is 29.6. The summed E-state index contributed by atoms with van der Waals surface area (Å²) in [5.41, 5.74) is 0.161. The van der Waals surface area contributed by atoms with Crippen molar-refractivity contribution in [3.8, 4) is 0 Å². The summed E-state index contributed by atoms with van der Waals surface area (Å²) < 4.78 is 0. The molecule has 5 nitrogen and oxygen atoms in total. The molecule has 1 aliphatic rings. The molecule has 1 heterocycles. The van der Waals surface area contributed by atoms with Gasteiger partial charge in [0.05, 0.1) is 0 Å². The summed E-state index contributed by atoms with van der Waals surface area (Å²) in [5, 5.41) is 26.0. The average molecular weight is 548 g/mol. The molecular formula is C33H73NO4. The van der Waals surface area contributed by atoms with Crippen LogP contribution in [0.2, 0.25) is 0 Å². The Hall–Kier alpha value is -0.650. The fraction of sp³-hybridized carbons (Fsp3) is 0.970. The van der Waals surface area contributed by atoms with E-state index in [-0.39, 0.29) is 18.7 Å². The molecule has 1 aliphatic heterocycles. The zero-order valence-electron chi connectivity index (χ0n) is 27.1. The Morgan fingerprint density at radius 1 is 0.921 bits per heavy atom. The number of rotatable bonds is 12. The van der Waals surface area contributed by atoms with Crippen LogP contribution in [0, 0.1) is 40.9 Å². The first-order chi connectivity index (χ1) is 17.1. The lowest BCUT2D eigenvalue weighted by molar-refractivity contribution is -0.127. The molecule has 1 fully saturated rings. The van der Waals surface area contributed by atoms with Gasteiger partial charge >= 0.3 is 0 Å². The SMILES string of the molecule is C.CC(=O)N1CCC(CC(C)C)C1.CC(C)CCO.CCC(C)(CO)CC(C)C.CCC(CO)CC(C)C. The number of aliphatic hydroxyl groups excluding tert-OH is 3. The van der Waals surface area contributed by atoms with Crippen LogP contribution >= 0.6 is 0 Å². The Bertz CT molecular complexity index is 497. The van der Waals surface area contributed by atoms with Gasteiger partial charge in [0.25, 0.3) is 0 Å². The minimum Gasteiger partial charge on any atom is -0.396 e. The minimum atomic E-state index is 0. The third-order valence-corrected chi connectivity index (χ3v) is 7.02. The molecule has 1 amide bonds. The van der Waals surface area contributed by atoms with Crippen LogP contribution in [-0.4, -0.2) is 59.0 Å².